The number of hydrogen-bond donors (Lipinski definition) is 2. The van der Waals surface area contributed by atoms with E-state index in [2.05, 4.69) is 34.8 Å². The van der Waals surface area contributed by atoms with E-state index >= 15 is 0 Å². The van der Waals surface area contributed by atoms with Gasteiger partial charge in [0.25, 0.3) is 0 Å². The van der Waals surface area contributed by atoms with Crippen molar-refractivity contribution in [1.29, 1.82) is 0 Å². The maximum atomic E-state index is 11.1. The minimum atomic E-state index is -1.07. The van der Waals surface area contributed by atoms with Gasteiger partial charge in [0, 0.05) is 0 Å². The van der Waals surface area contributed by atoms with Gasteiger partial charge in [-0.25, -0.2) is 4.79 Å². The predicted octanol–water partition coefficient (Wildman–Crippen LogP) is 5.54. The molecule has 0 bridgehead atoms. The molecule has 0 radical (unpaired) electrons. The summed E-state index contributed by atoms with van der Waals surface area (Å²) >= 11 is 5.87. The summed E-state index contributed by atoms with van der Waals surface area (Å²) in [7, 11) is 0. The second-order valence-electron chi connectivity index (χ2n) is 5.75. The average Bonchev–Trinajstić information content (AvgIpc) is 2.67. The monoisotopic (exact) mass is 364 g/mol. The van der Waals surface area contributed by atoms with E-state index in [1.807, 2.05) is 37.3 Å². The van der Waals surface area contributed by atoms with Crippen LogP contribution in [0.4, 0.5) is 5.69 Å². The number of nitrogens with one attached hydrogen (secondary N) is 1. The minimum Gasteiger partial charge on any atom is -0.478 e. The van der Waals surface area contributed by atoms with Crippen molar-refractivity contribution < 1.29 is 9.90 Å². The van der Waals surface area contributed by atoms with Gasteiger partial charge in [-0.2, -0.15) is 5.10 Å². The molecule has 4 nitrogen and oxygen atoms in total. The maximum absolute atomic E-state index is 11.1. The first kappa shape index (κ1) is 17.7. The molecule has 26 heavy (non-hydrogen) atoms. The summed E-state index contributed by atoms with van der Waals surface area (Å²) in [6.45, 7) is 1.89. The molecule has 2 N–H and O–H groups in total. The molecule has 0 spiro atoms. The quantitative estimate of drug-likeness (QED) is 0.461. The van der Waals surface area contributed by atoms with Crippen molar-refractivity contribution in [2.24, 2.45) is 5.10 Å². The van der Waals surface area contributed by atoms with E-state index in [9.17, 15) is 4.79 Å². The van der Waals surface area contributed by atoms with Crippen LogP contribution in [0.1, 0.15) is 22.8 Å². The highest BCUT2D eigenvalue weighted by Gasteiger charge is 2.09. The van der Waals surface area contributed by atoms with Crippen LogP contribution in [-0.4, -0.2) is 16.8 Å². The maximum Gasteiger partial charge on any atom is 0.337 e. The summed E-state index contributed by atoms with van der Waals surface area (Å²) < 4.78 is 0. The number of aromatic carboxylic acids is 1. The van der Waals surface area contributed by atoms with E-state index < -0.39 is 5.97 Å². The van der Waals surface area contributed by atoms with Crippen molar-refractivity contribution in [3.8, 4) is 11.1 Å². The predicted molar refractivity (Wildman–Crippen MR) is 106 cm³/mol. The van der Waals surface area contributed by atoms with Gasteiger partial charge in [-0.3, -0.25) is 5.43 Å². The number of carbonyl (C=O) groups is 1. The molecule has 0 aliphatic carbocycles. The number of anilines is 1. The SMILES string of the molecule is C/C(=N/Nc1ccc(Cl)c(C(=O)O)c1)c1ccc(-c2ccccc2)cc1. The topological polar surface area (TPSA) is 61.7 Å². The Hall–Kier alpha value is -3.11. The van der Waals surface area contributed by atoms with E-state index in [4.69, 9.17) is 16.7 Å². The first-order valence-electron chi connectivity index (χ1n) is 8.03. The van der Waals surface area contributed by atoms with Crippen LogP contribution in [0, 0.1) is 0 Å². The van der Waals surface area contributed by atoms with Gasteiger partial charge in [0.2, 0.25) is 0 Å². The molecule has 5 heteroatoms. The zero-order chi connectivity index (χ0) is 18.5. The van der Waals surface area contributed by atoms with E-state index in [1.165, 1.54) is 12.1 Å². The molecule has 0 fully saturated rings. The third-order valence-corrected chi connectivity index (χ3v) is 4.29. The Bertz CT molecular complexity index is 952. The first-order chi connectivity index (χ1) is 12.5. The van der Waals surface area contributed by atoms with Gasteiger partial charge in [-0.1, -0.05) is 66.2 Å². The minimum absolute atomic E-state index is 0.0386. The molecule has 0 aromatic heterocycles. The summed E-state index contributed by atoms with van der Waals surface area (Å²) in [6, 6.07) is 22.9. The standard InChI is InChI=1S/C21H17ClN2O2/c1-14(23-24-18-11-12-20(22)19(13-18)21(25)26)15-7-9-17(10-8-15)16-5-3-2-4-6-16/h2-13,24H,1H3,(H,25,26)/b23-14-. The van der Waals surface area contributed by atoms with E-state index in [1.54, 1.807) is 6.07 Å². The molecule has 0 amide bonds. The molecular weight excluding hydrogens is 348 g/mol. The third-order valence-electron chi connectivity index (χ3n) is 3.96. The number of nitrogens with zero attached hydrogens (tertiary/aromatic N) is 1. The Labute approximate surface area is 156 Å². The summed E-state index contributed by atoms with van der Waals surface area (Å²) in [4.78, 5) is 11.1. The van der Waals surface area contributed by atoms with Crippen molar-refractivity contribution in [3.05, 3.63) is 88.9 Å². The molecule has 0 saturated heterocycles. The summed E-state index contributed by atoms with van der Waals surface area (Å²) in [5, 5.41) is 13.6. The fourth-order valence-corrected chi connectivity index (χ4v) is 2.70. The van der Waals surface area contributed by atoms with Crippen LogP contribution in [0.25, 0.3) is 11.1 Å². The van der Waals surface area contributed by atoms with Gasteiger partial charge in [0.1, 0.15) is 0 Å². The van der Waals surface area contributed by atoms with Crippen LogP contribution in [0.15, 0.2) is 77.9 Å². The van der Waals surface area contributed by atoms with Gasteiger partial charge < -0.3 is 5.11 Å². The highest BCUT2D eigenvalue weighted by molar-refractivity contribution is 6.33. The molecule has 0 unspecified atom stereocenters. The molecule has 0 aliphatic heterocycles. The molecule has 0 atom stereocenters. The van der Waals surface area contributed by atoms with Crippen molar-refractivity contribution in [1.82, 2.24) is 0 Å². The van der Waals surface area contributed by atoms with Crippen molar-refractivity contribution >= 4 is 29.0 Å². The molecule has 0 heterocycles. The Morgan fingerprint density at radius 1 is 0.962 bits per heavy atom. The number of carboxylic acid groups (broad SMARTS) is 1. The summed E-state index contributed by atoms with van der Waals surface area (Å²) in [5.74, 6) is -1.07. The van der Waals surface area contributed by atoms with Gasteiger partial charge in [-0.15, -0.1) is 0 Å². The van der Waals surface area contributed by atoms with Gasteiger partial charge in [0.15, 0.2) is 0 Å². The second-order valence-corrected chi connectivity index (χ2v) is 6.16. The van der Waals surface area contributed by atoms with Crippen molar-refractivity contribution in [2.45, 2.75) is 6.92 Å². The van der Waals surface area contributed by atoms with Crippen LogP contribution in [0.3, 0.4) is 0 Å². The number of carboxylic acids is 1. The van der Waals surface area contributed by atoms with Crippen LogP contribution >= 0.6 is 11.6 Å². The van der Waals surface area contributed by atoms with Gasteiger partial charge >= 0.3 is 5.97 Å². The number of halogens is 1. The van der Waals surface area contributed by atoms with E-state index in [-0.39, 0.29) is 10.6 Å². The Kier molecular flexibility index (Phi) is 5.34. The Morgan fingerprint density at radius 3 is 2.27 bits per heavy atom. The van der Waals surface area contributed by atoms with Crippen LogP contribution in [-0.2, 0) is 0 Å². The summed E-state index contributed by atoms with van der Waals surface area (Å²) in [5.41, 5.74) is 7.54. The van der Waals surface area contributed by atoms with E-state index in [0.717, 1.165) is 22.4 Å². The fraction of sp³-hybridized carbons (Fsp3) is 0.0476. The lowest BCUT2D eigenvalue weighted by atomic mass is 10.0. The second kappa shape index (κ2) is 7.85. The molecule has 0 saturated carbocycles. The molecule has 3 aromatic carbocycles. The molecular formula is C21H17ClN2O2. The zero-order valence-electron chi connectivity index (χ0n) is 14.1. The van der Waals surface area contributed by atoms with Crippen molar-refractivity contribution in [2.75, 3.05) is 5.43 Å². The first-order valence-corrected chi connectivity index (χ1v) is 8.41. The van der Waals surface area contributed by atoms with Gasteiger partial charge in [0.05, 0.1) is 22.0 Å². The van der Waals surface area contributed by atoms with Crippen LogP contribution in [0.5, 0.6) is 0 Å². The number of hydrazone groups is 1. The smallest absolute Gasteiger partial charge is 0.337 e. The van der Waals surface area contributed by atoms with Crippen molar-refractivity contribution in [3.63, 3.8) is 0 Å². The Morgan fingerprint density at radius 2 is 1.62 bits per heavy atom. The van der Waals surface area contributed by atoms with Gasteiger partial charge in [-0.05, 0) is 41.8 Å². The molecule has 3 rings (SSSR count). The normalized spacial score (nSPS) is 11.2. The highest BCUT2D eigenvalue weighted by Crippen LogP contribution is 2.21. The molecule has 0 aliphatic rings. The van der Waals surface area contributed by atoms with Crippen LogP contribution < -0.4 is 5.43 Å². The number of rotatable bonds is 5. The molecule has 130 valence electrons. The lowest BCUT2D eigenvalue weighted by Crippen LogP contribution is -2.02. The number of hydrogen-bond acceptors (Lipinski definition) is 3. The largest absolute Gasteiger partial charge is 0.478 e. The lowest BCUT2D eigenvalue weighted by molar-refractivity contribution is 0.0697. The third kappa shape index (κ3) is 4.10. The highest BCUT2D eigenvalue weighted by atomic mass is 35.5. The molecule has 3 aromatic rings. The zero-order valence-corrected chi connectivity index (χ0v) is 14.9. The fourth-order valence-electron chi connectivity index (χ4n) is 2.51. The summed E-state index contributed by atoms with van der Waals surface area (Å²) in [6.07, 6.45) is 0. The lowest BCUT2D eigenvalue weighted by Gasteiger charge is -2.07. The average molecular weight is 365 g/mol. The Balaban J connectivity index is 1.76. The number of benzene rings is 3. The van der Waals surface area contributed by atoms with E-state index in [0.29, 0.717) is 5.69 Å². The van der Waals surface area contributed by atoms with Crippen LogP contribution in [0.2, 0.25) is 5.02 Å².